The molecule has 0 aromatic heterocycles. The number of nitrogens with one attached hydrogen (secondary N) is 1. The third kappa shape index (κ3) is 4.26. The van der Waals surface area contributed by atoms with Crippen LogP contribution in [0.5, 0.6) is 0 Å². The van der Waals surface area contributed by atoms with Crippen LogP contribution in [0.25, 0.3) is 0 Å². The number of aliphatic hydroxyl groups excluding tert-OH is 1. The molecule has 0 aromatic carbocycles. The van der Waals surface area contributed by atoms with Gasteiger partial charge >= 0.3 is 0 Å². The summed E-state index contributed by atoms with van der Waals surface area (Å²) >= 11 is 0. The predicted molar refractivity (Wildman–Crippen MR) is 74.1 cm³/mol. The van der Waals surface area contributed by atoms with E-state index in [9.17, 15) is 5.11 Å². The van der Waals surface area contributed by atoms with Crippen LogP contribution in [0, 0.1) is 11.3 Å². The van der Waals surface area contributed by atoms with Crippen molar-refractivity contribution in [3.05, 3.63) is 0 Å². The molecule has 1 fully saturated rings. The number of aliphatic hydroxyl groups is 1. The van der Waals surface area contributed by atoms with E-state index in [0.29, 0.717) is 18.1 Å². The molecule has 0 saturated heterocycles. The molecule has 2 nitrogen and oxygen atoms in total. The number of rotatable bonds is 7. The van der Waals surface area contributed by atoms with Gasteiger partial charge in [0, 0.05) is 19.2 Å². The summed E-state index contributed by atoms with van der Waals surface area (Å²) in [6, 6.07) is 0.708. The highest BCUT2D eigenvalue weighted by Crippen LogP contribution is 2.31. The molecule has 1 saturated carbocycles. The van der Waals surface area contributed by atoms with Crippen LogP contribution in [0.3, 0.4) is 0 Å². The Labute approximate surface area is 107 Å². The Morgan fingerprint density at radius 3 is 2.35 bits per heavy atom. The normalized spacial score (nSPS) is 26.1. The van der Waals surface area contributed by atoms with E-state index in [-0.39, 0.29) is 0 Å². The maximum Gasteiger partial charge on any atom is 0.0436 e. The zero-order chi connectivity index (χ0) is 12.7. The van der Waals surface area contributed by atoms with Gasteiger partial charge in [-0.05, 0) is 43.4 Å². The van der Waals surface area contributed by atoms with Crippen molar-refractivity contribution in [3.8, 4) is 0 Å². The van der Waals surface area contributed by atoms with Gasteiger partial charge < -0.3 is 10.4 Å². The fourth-order valence-electron chi connectivity index (χ4n) is 3.15. The Morgan fingerprint density at radius 1 is 1.18 bits per heavy atom. The van der Waals surface area contributed by atoms with Gasteiger partial charge in [0.1, 0.15) is 0 Å². The molecule has 0 spiro atoms. The first-order valence-electron chi connectivity index (χ1n) is 7.51. The zero-order valence-electron chi connectivity index (χ0n) is 12.0. The van der Waals surface area contributed by atoms with Gasteiger partial charge in [-0.3, -0.25) is 0 Å². The highest BCUT2D eigenvalue weighted by atomic mass is 16.3. The summed E-state index contributed by atoms with van der Waals surface area (Å²) < 4.78 is 0. The lowest BCUT2D eigenvalue weighted by Gasteiger charge is -2.36. The van der Waals surface area contributed by atoms with Crippen molar-refractivity contribution in [1.82, 2.24) is 5.32 Å². The van der Waals surface area contributed by atoms with Gasteiger partial charge in [-0.15, -0.1) is 0 Å². The van der Waals surface area contributed by atoms with Crippen molar-refractivity contribution in [2.24, 2.45) is 11.3 Å². The molecule has 17 heavy (non-hydrogen) atoms. The lowest BCUT2D eigenvalue weighted by Crippen LogP contribution is -2.44. The summed E-state index contributed by atoms with van der Waals surface area (Å²) in [4.78, 5) is 0. The van der Waals surface area contributed by atoms with Crippen LogP contribution in [0.2, 0.25) is 0 Å². The molecule has 2 heteroatoms. The first-order valence-corrected chi connectivity index (χ1v) is 7.51. The van der Waals surface area contributed by atoms with Crippen LogP contribution in [-0.4, -0.2) is 24.3 Å². The quantitative estimate of drug-likeness (QED) is 0.716. The van der Waals surface area contributed by atoms with Gasteiger partial charge in [-0.1, -0.05) is 33.6 Å². The highest BCUT2D eigenvalue weighted by Gasteiger charge is 2.28. The smallest absolute Gasteiger partial charge is 0.0436 e. The predicted octanol–water partition coefficient (Wildman–Crippen LogP) is 3.34. The van der Waals surface area contributed by atoms with Crippen LogP contribution in [-0.2, 0) is 0 Å². The van der Waals surface area contributed by atoms with Crippen LogP contribution in [0.1, 0.15) is 65.7 Å². The summed E-state index contributed by atoms with van der Waals surface area (Å²) in [5, 5.41) is 13.0. The van der Waals surface area contributed by atoms with E-state index in [1.807, 2.05) is 0 Å². The molecule has 102 valence electrons. The molecule has 2 atom stereocenters. The van der Waals surface area contributed by atoms with Gasteiger partial charge in [0.25, 0.3) is 0 Å². The molecule has 1 rings (SSSR count). The van der Waals surface area contributed by atoms with Crippen molar-refractivity contribution >= 4 is 0 Å². The van der Waals surface area contributed by atoms with Crippen LogP contribution in [0.15, 0.2) is 0 Å². The van der Waals surface area contributed by atoms with Crippen molar-refractivity contribution in [1.29, 1.82) is 0 Å². The van der Waals surface area contributed by atoms with Crippen LogP contribution < -0.4 is 5.32 Å². The van der Waals surface area contributed by atoms with Gasteiger partial charge in [0.05, 0.1) is 0 Å². The SMILES string of the molecule is CCC(CC)(CCO)CNC1CCCCC1C. The second kappa shape index (κ2) is 7.38. The van der Waals surface area contributed by atoms with E-state index in [4.69, 9.17) is 0 Å². The maximum absolute atomic E-state index is 9.23. The van der Waals surface area contributed by atoms with Gasteiger partial charge in [0.15, 0.2) is 0 Å². The van der Waals surface area contributed by atoms with E-state index >= 15 is 0 Å². The first-order chi connectivity index (χ1) is 8.17. The van der Waals surface area contributed by atoms with E-state index < -0.39 is 0 Å². The van der Waals surface area contributed by atoms with Crippen LogP contribution in [0.4, 0.5) is 0 Å². The van der Waals surface area contributed by atoms with Gasteiger partial charge in [0.2, 0.25) is 0 Å². The second-order valence-electron chi connectivity index (χ2n) is 5.93. The molecule has 0 aromatic rings. The minimum absolute atomic E-state index is 0.311. The lowest BCUT2D eigenvalue weighted by molar-refractivity contribution is 0.148. The van der Waals surface area contributed by atoms with E-state index in [1.54, 1.807) is 0 Å². The minimum atomic E-state index is 0.311. The molecule has 1 aliphatic rings. The zero-order valence-corrected chi connectivity index (χ0v) is 12.0. The molecule has 2 N–H and O–H groups in total. The average Bonchev–Trinajstić information content (AvgIpc) is 2.36. The summed E-state index contributed by atoms with van der Waals surface area (Å²) in [6.45, 7) is 8.29. The highest BCUT2D eigenvalue weighted by molar-refractivity contribution is 4.84. The lowest BCUT2D eigenvalue weighted by atomic mass is 9.78. The molecular weight excluding hydrogens is 210 g/mol. The Bertz CT molecular complexity index is 201. The van der Waals surface area contributed by atoms with Gasteiger partial charge in [-0.25, -0.2) is 0 Å². The molecule has 2 unspecified atom stereocenters. The van der Waals surface area contributed by atoms with Crippen molar-refractivity contribution in [2.45, 2.75) is 71.8 Å². The summed E-state index contributed by atoms with van der Waals surface area (Å²) in [6.07, 6.45) is 8.77. The largest absolute Gasteiger partial charge is 0.396 e. The van der Waals surface area contributed by atoms with Crippen molar-refractivity contribution < 1.29 is 5.11 Å². The number of hydrogen-bond donors (Lipinski definition) is 2. The fourth-order valence-corrected chi connectivity index (χ4v) is 3.15. The van der Waals surface area contributed by atoms with Crippen molar-refractivity contribution in [3.63, 3.8) is 0 Å². The fraction of sp³-hybridized carbons (Fsp3) is 1.00. The van der Waals surface area contributed by atoms with E-state index in [0.717, 1.165) is 31.7 Å². The first kappa shape index (κ1) is 15.0. The van der Waals surface area contributed by atoms with E-state index in [2.05, 4.69) is 26.1 Å². The Kier molecular flexibility index (Phi) is 6.50. The Hall–Kier alpha value is -0.0800. The standard InChI is InChI=1S/C15H31NO/c1-4-15(5-2,10-11-17)12-16-14-9-7-6-8-13(14)3/h13-14,16-17H,4-12H2,1-3H3. The Morgan fingerprint density at radius 2 is 1.82 bits per heavy atom. The molecule has 0 radical (unpaired) electrons. The van der Waals surface area contributed by atoms with Gasteiger partial charge in [-0.2, -0.15) is 0 Å². The summed E-state index contributed by atoms with van der Waals surface area (Å²) in [5.41, 5.74) is 0.311. The molecular formula is C15H31NO. The molecule has 0 amide bonds. The topological polar surface area (TPSA) is 32.3 Å². The molecule has 0 aliphatic heterocycles. The number of hydrogen-bond acceptors (Lipinski definition) is 2. The third-order valence-electron chi connectivity index (χ3n) is 4.99. The Balaban J connectivity index is 2.44. The summed E-state index contributed by atoms with van der Waals surface area (Å²) in [5.74, 6) is 0.823. The minimum Gasteiger partial charge on any atom is -0.396 e. The molecule has 1 aliphatic carbocycles. The molecule has 0 heterocycles. The second-order valence-corrected chi connectivity index (χ2v) is 5.93. The monoisotopic (exact) mass is 241 g/mol. The maximum atomic E-state index is 9.23. The van der Waals surface area contributed by atoms with Crippen molar-refractivity contribution in [2.75, 3.05) is 13.2 Å². The molecule has 0 bridgehead atoms. The summed E-state index contributed by atoms with van der Waals surface area (Å²) in [7, 11) is 0. The third-order valence-corrected chi connectivity index (χ3v) is 4.99. The average molecular weight is 241 g/mol. The van der Waals surface area contributed by atoms with E-state index in [1.165, 1.54) is 25.7 Å². The van der Waals surface area contributed by atoms with Crippen LogP contribution >= 0.6 is 0 Å².